The molecule has 2 rings (SSSR count). The molecule has 1 N–H and O–H groups in total. The summed E-state index contributed by atoms with van der Waals surface area (Å²) < 4.78 is 0. The Morgan fingerprint density at radius 1 is 1.21 bits per heavy atom. The van der Waals surface area contributed by atoms with Gasteiger partial charge in [0.1, 0.15) is 5.82 Å². The normalized spacial score (nSPS) is 13.9. The Morgan fingerprint density at radius 2 is 1.86 bits per heavy atom. The van der Waals surface area contributed by atoms with Gasteiger partial charge in [-0.05, 0) is 32.6 Å². The molecule has 78 valence electrons. The Hall–Kier alpha value is -1.12. The highest BCUT2D eigenvalue weighted by Gasteiger charge is 2.13. The van der Waals surface area contributed by atoms with Crippen molar-refractivity contribution in [1.82, 2.24) is 9.97 Å². The lowest BCUT2D eigenvalue weighted by atomic mass is 9.97. The van der Waals surface area contributed by atoms with Crippen LogP contribution in [-0.4, -0.2) is 9.97 Å². The fourth-order valence-electron chi connectivity index (χ4n) is 1.73. The second kappa shape index (κ2) is 4.94. The Bertz CT molecular complexity index is 355. The number of hydrogen-bond acceptors (Lipinski definition) is 2. The average molecular weight is 194 g/mol. The number of aromatic amines is 1. The first-order valence-electron chi connectivity index (χ1n) is 5.36. The molecule has 14 heavy (non-hydrogen) atoms. The number of aromatic nitrogens is 2. The monoisotopic (exact) mass is 194 g/mol. The SMILES string of the molecule is CC.Cc1nc2c(c(=O)[nH]1)CCCC2. The molecule has 3 heteroatoms. The van der Waals surface area contributed by atoms with Gasteiger partial charge in [-0.25, -0.2) is 4.98 Å². The van der Waals surface area contributed by atoms with Crippen molar-refractivity contribution < 1.29 is 0 Å². The molecule has 1 aromatic heterocycles. The molecule has 0 amide bonds. The lowest BCUT2D eigenvalue weighted by Crippen LogP contribution is -2.21. The van der Waals surface area contributed by atoms with Crippen LogP contribution < -0.4 is 5.56 Å². The van der Waals surface area contributed by atoms with Crippen LogP contribution in [0.3, 0.4) is 0 Å². The molecule has 0 fully saturated rings. The van der Waals surface area contributed by atoms with E-state index >= 15 is 0 Å². The van der Waals surface area contributed by atoms with Crippen LogP contribution in [0.5, 0.6) is 0 Å². The van der Waals surface area contributed by atoms with Gasteiger partial charge in [-0.15, -0.1) is 0 Å². The third-order valence-corrected chi connectivity index (χ3v) is 2.31. The average Bonchev–Trinajstić information content (AvgIpc) is 2.20. The molecule has 0 atom stereocenters. The lowest BCUT2D eigenvalue weighted by Gasteiger charge is -2.13. The van der Waals surface area contributed by atoms with Crippen LogP contribution in [0.2, 0.25) is 0 Å². The Labute approximate surface area is 84.6 Å². The smallest absolute Gasteiger partial charge is 0.254 e. The van der Waals surface area contributed by atoms with Gasteiger partial charge in [0, 0.05) is 5.56 Å². The van der Waals surface area contributed by atoms with Crippen LogP contribution in [0.4, 0.5) is 0 Å². The van der Waals surface area contributed by atoms with Gasteiger partial charge in [0.25, 0.3) is 5.56 Å². The number of nitrogens with one attached hydrogen (secondary N) is 1. The fourth-order valence-corrected chi connectivity index (χ4v) is 1.73. The summed E-state index contributed by atoms with van der Waals surface area (Å²) in [5.41, 5.74) is 1.99. The molecule has 0 saturated heterocycles. The second-order valence-electron chi connectivity index (χ2n) is 3.28. The van der Waals surface area contributed by atoms with Gasteiger partial charge in [-0.2, -0.15) is 0 Å². The molecule has 0 spiro atoms. The van der Waals surface area contributed by atoms with E-state index in [0.717, 1.165) is 36.3 Å². The van der Waals surface area contributed by atoms with Gasteiger partial charge in [0.2, 0.25) is 0 Å². The predicted molar refractivity (Wildman–Crippen MR) is 57.6 cm³/mol. The van der Waals surface area contributed by atoms with Gasteiger partial charge >= 0.3 is 0 Å². The van der Waals surface area contributed by atoms with E-state index in [1.807, 2.05) is 20.8 Å². The molecule has 1 aliphatic carbocycles. The molecule has 0 aromatic carbocycles. The fraction of sp³-hybridized carbons (Fsp3) is 0.636. The summed E-state index contributed by atoms with van der Waals surface area (Å²) in [6.07, 6.45) is 4.17. The van der Waals surface area contributed by atoms with Crippen molar-refractivity contribution in [3.63, 3.8) is 0 Å². The van der Waals surface area contributed by atoms with Crippen LogP contribution in [0, 0.1) is 6.92 Å². The van der Waals surface area contributed by atoms with Crippen LogP contribution in [-0.2, 0) is 12.8 Å². The van der Waals surface area contributed by atoms with Crippen molar-refractivity contribution in [3.8, 4) is 0 Å². The maximum absolute atomic E-state index is 11.4. The number of nitrogens with zero attached hydrogens (tertiary/aromatic N) is 1. The van der Waals surface area contributed by atoms with Crippen molar-refractivity contribution in [2.45, 2.75) is 46.5 Å². The lowest BCUT2D eigenvalue weighted by molar-refractivity contribution is 0.651. The minimum atomic E-state index is 0.0669. The summed E-state index contributed by atoms with van der Waals surface area (Å²) >= 11 is 0. The van der Waals surface area contributed by atoms with E-state index in [2.05, 4.69) is 9.97 Å². The highest BCUT2D eigenvalue weighted by molar-refractivity contribution is 5.20. The van der Waals surface area contributed by atoms with Gasteiger partial charge in [0.15, 0.2) is 0 Å². The van der Waals surface area contributed by atoms with Gasteiger partial charge in [0.05, 0.1) is 5.69 Å². The van der Waals surface area contributed by atoms with E-state index in [4.69, 9.17) is 0 Å². The van der Waals surface area contributed by atoms with Gasteiger partial charge in [-0.3, -0.25) is 4.79 Å². The summed E-state index contributed by atoms with van der Waals surface area (Å²) in [6, 6.07) is 0. The Morgan fingerprint density at radius 3 is 2.57 bits per heavy atom. The number of aryl methyl sites for hydroxylation is 2. The van der Waals surface area contributed by atoms with Crippen molar-refractivity contribution in [2.75, 3.05) is 0 Å². The summed E-state index contributed by atoms with van der Waals surface area (Å²) in [4.78, 5) is 18.4. The maximum atomic E-state index is 11.4. The largest absolute Gasteiger partial charge is 0.311 e. The van der Waals surface area contributed by atoms with E-state index in [1.54, 1.807) is 0 Å². The van der Waals surface area contributed by atoms with Crippen molar-refractivity contribution in [1.29, 1.82) is 0 Å². The first kappa shape index (κ1) is 11.0. The summed E-state index contributed by atoms with van der Waals surface area (Å²) in [5.74, 6) is 0.737. The zero-order valence-electron chi connectivity index (χ0n) is 9.18. The first-order valence-corrected chi connectivity index (χ1v) is 5.36. The predicted octanol–water partition coefficient (Wildman–Crippen LogP) is 1.98. The zero-order valence-corrected chi connectivity index (χ0v) is 9.18. The molecule has 1 aromatic rings. The number of rotatable bonds is 0. The Balaban J connectivity index is 0.000000461. The summed E-state index contributed by atoms with van der Waals surface area (Å²) in [5, 5.41) is 0. The molecule has 1 aliphatic rings. The number of hydrogen-bond donors (Lipinski definition) is 1. The summed E-state index contributed by atoms with van der Waals surface area (Å²) in [6.45, 7) is 5.83. The third-order valence-electron chi connectivity index (χ3n) is 2.31. The van der Waals surface area contributed by atoms with Crippen LogP contribution in [0.1, 0.15) is 43.8 Å². The quantitative estimate of drug-likeness (QED) is 0.686. The van der Waals surface area contributed by atoms with Crippen molar-refractivity contribution in [3.05, 3.63) is 27.4 Å². The van der Waals surface area contributed by atoms with Crippen LogP contribution >= 0.6 is 0 Å². The van der Waals surface area contributed by atoms with E-state index in [0.29, 0.717) is 0 Å². The zero-order chi connectivity index (χ0) is 10.6. The molecule has 1 heterocycles. The van der Waals surface area contributed by atoms with Crippen LogP contribution in [0.15, 0.2) is 4.79 Å². The highest BCUT2D eigenvalue weighted by atomic mass is 16.1. The van der Waals surface area contributed by atoms with Gasteiger partial charge < -0.3 is 4.98 Å². The van der Waals surface area contributed by atoms with Crippen LogP contribution in [0.25, 0.3) is 0 Å². The first-order chi connectivity index (χ1) is 6.77. The highest BCUT2D eigenvalue weighted by Crippen LogP contribution is 2.14. The molecule has 0 radical (unpaired) electrons. The topological polar surface area (TPSA) is 45.8 Å². The van der Waals surface area contributed by atoms with Gasteiger partial charge in [-0.1, -0.05) is 13.8 Å². The second-order valence-corrected chi connectivity index (χ2v) is 3.28. The molecular formula is C11H18N2O. The molecule has 0 unspecified atom stereocenters. The molecule has 3 nitrogen and oxygen atoms in total. The Kier molecular flexibility index (Phi) is 3.86. The van der Waals surface area contributed by atoms with E-state index in [1.165, 1.54) is 6.42 Å². The van der Waals surface area contributed by atoms with E-state index in [-0.39, 0.29) is 5.56 Å². The molecule has 0 bridgehead atoms. The van der Waals surface area contributed by atoms with Crippen molar-refractivity contribution in [2.24, 2.45) is 0 Å². The summed E-state index contributed by atoms with van der Waals surface area (Å²) in [7, 11) is 0. The van der Waals surface area contributed by atoms with E-state index in [9.17, 15) is 4.79 Å². The molecular weight excluding hydrogens is 176 g/mol. The van der Waals surface area contributed by atoms with Crippen molar-refractivity contribution >= 4 is 0 Å². The minimum absolute atomic E-state index is 0.0669. The van der Waals surface area contributed by atoms with E-state index < -0.39 is 0 Å². The molecule has 0 saturated carbocycles. The maximum Gasteiger partial charge on any atom is 0.254 e. The minimum Gasteiger partial charge on any atom is -0.311 e. The standard InChI is InChI=1S/C9H12N2O.C2H6/c1-6-10-8-5-3-2-4-7(8)9(12)11-6;1-2/h2-5H2,1H3,(H,10,11,12);1-2H3. The third kappa shape index (κ3) is 2.22. The number of fused-ring (bicyclic) bond motifs is 1. The molecule has 0 aliphatic heterocycles. The number of H-pyrrole nitrogens is 1.